The van der Waals surface area contributed by atoms with Crippen LogP contribution in [0.2, 0.25) is 0 Å². The molecule has 0 saturated carbocycles. The summed E-state index contributed by atoms with van der Waals surface area (Å²) >= 11 is 0. The molecule has 0 amide bonds. The van der Waals surface area contributed by atoms with E-state index in [1.165, 1.54) is 22.3 Å². The highest BCUT2D eigenvalue weighted by Crippen LogP contribution is 2.29. The third kappa shape index (κ3) is 2.43. The highest BCUT2D eigenvalue weighted by atomic mass is 14.1. The second kappa shape index (κ2) is 5.05. The second-order valence-electron chi connectivity index (χ2n) is 4.69. The minimum atomic E-state index is 1.09. The van der Waals surface area contributed by atoms with Crippen molar-refractivity contribution >= 4 is 11.1 Å². The summed E-state index contributed by atoms with van der Waals surface area (Å²) < 4.78 is 0. The van der Waals surface area contributed by atoms with Gasteiger partial charge in [-0.25, -0.2) is 0 Å². The first-order valence-corrected chi connectivity index (χ1v) is 6.11. The minimum Gasteiger partial charge on any atom is -0.0955 e. The summed E-state index contributed by atoms with van der Waals surface area (Å²) in [6.45, 7) is 12.1. The summed E-state index contributed by atoms with van der Waals surface area (Å²) in [6.07, 6.45) is 0. The maximum absolute atomic E-state index is 4.05. The third-order valence-electron chi connectivity index (χ3n) is 3.05. The van der Waals surface area contributed by atoms with Gasteiger partial charge in [-0.15, -0.1) is 0 Å². The van der Waals surface area contributed by atoms with E-state index in [2.05, 4.69) is 61.7 Å². The van der Waals surface area contributed by atoms with E-state index < -0.39 is 0 Å². The topological polar surface area (TPSA) is 0 Å². The Bertz CT molecular complexity index is 603. The Balaban J connectivity index is 2.58. The second-order valence-corrected chi connectivity index (χ2v) is 4.69. The summed E-state index contributed by atoms with van der Waals surface area (Å²) in [6, 6.07) is 16.9. The van der Waals surface area contributed by atoms with E-state index in [1.807, 2.05) is 13.8 Å². The molecule has 0 nitrogen and oxygen atoms in total. The summed E-state index contributed by atoms with van der Waals surface area (Å²) in [5, 5.41) is 0. The van der Waals surface area contributed by atoms with Gasteiger partial charge in [-0.1, -0.05) is 66.8 Å². The van der Waals surface area contributed by atoms with E-state index in [0.29, 0.717) is 0 Å². The van der Waals surface area contributed by atoms with Gasteiger partial charge in [0.1, 0.15) is 0 Å². The number of rotatable bonds is 3. The molecule has 0 saturated heterocycles. The minimum absolute atomic E-state index is 1.09. The molecule has 18 heavy (non-hydrogen) atoms. The fourth-order valence-corrected chi connectivity index (χ4v) is 2.06. The lowest BCUT2D eigenvalue weighted by Gasteiger charge is -2.11. The van der Waals surface area contributed by atoms with Gasteiger partial charge in [0.25, 0.3) is 0 Å². The number of allylic oxidation sites excluding steroid dienone is 2. The predicted octanol–water partition coefficient (Wildman–Crippen LogP) is 5.42. The molecule has 0 aliphatic rings. The number of hydrogen-bond acceptors (Lipinski definition) is 0. The lowest BCUT2D eigenvalue weighted by atomic mass is 9.94. The summed E-state index contributed by atoms with van der Waals surface area (Å²) in [4.78, 5) is 0. The normalized spacial score (nSPS) is 10.1. The first kappa shape index (κ1) is 12.4. The lowest BCUT2D eigenvalue weighted by Crippen LogP contribution is -1.87. The van der Waals surface area contributed by atoms with Crippen molar-refractivity contribution in [3.8, 4) is 11.1 Å². The van der Waals surface area contributed by atoms with Crippen molar-refractivity contribution < 1.29 is 0 Å². The van der Waals surface area contributed by atoms with Gasteiger partial charge < -0.3 is 0 Å². The van der Waals surface area contributed by atoms with Gasteiger partial charge in [-0.05, 0) is 42.2 Å². The average Bonchev–Trinajstić information content (AvgIpc) is 2.39. The van der Waals surface area contributed by atoms with Gasteiger partial charge >= 0.3 is 0 Å². The van der Waals surface area contributed by atoms with Gasteiger partial charge in [0.15, 0.2) is 0 Å². The van der Waals surface area contributed by atoms with Crippen LogP contribution < -0.4 is 0 Å². The molecule has 0 atom stereocenters. The molecule has 90 valence electrons. The first-order valence-electron chi connectivity index (χ1n) is 6.11. The molecule has 0 aliphatic carbocycles. The molecule has 0 spiro atoms. The fourth-order valence-electron chi connectivity index (χ4n) is 2.06. The molecule has 0 aliphatic heterocycles. The van der Waals surface area contributed by atoms with Gasteiger partial charge in [0.2, 0.25) is 0 Å². The first-order chi connectivity index (χ1) is 8.59. The van der Waals surface area contributed by atoms with E-state index in [9.17, 15) is 0 Å². The Morgan fingerprint density at radius 2 is 1.56 bits per heavy atom. The monoisotopic (exact) mass is 234 g/mol. The largest absolute Gasteiger partial charge is 0.0955 e. The van der Waals surface area contributed by atoms with Crippen LogP contribution in [0.3, 0.4) is 0 Å². The highest BCUT2D eigenvalue weighted by Gasteiger charge is 2.05. The van der Waals surface area contributed by atoms with E-state index in [0.717, 1.165) is 11.1 Å². The molecular formula is C18H18. The molecule has 2 aromatic rings. The molecular weight excluding hydrogens is 216 g/mol. The van der Waals surface area contributed by atoms with Crippen LogP contribution in [0.4, 0.5) is 0 Å². The Kier molecular flexibility index (Phi) is 3.47. The summed E-state index contributed by atoms with van der Waals surface area (Å²) in [5.74, 6) is 0. The predicted molar refractivity (Wildman–Crippen MR) is 81.3 cm³/mol. The SMILES string of the molecule is C=C(C)c1cccc(-c2ccccc2C(=C)C)c1. The van der Waals surface area contributed by atoms with Crippen molar-refractivity contribution in [3.05, 3.63) is 72.8 Å². The number of hydrogen-bond donors (Lipinski definition) is 0. The molecule has 0 fully saturated rings. The van der Waals surface area contributed by atoms with Gasteiger partial charge in [-0.2, -0.15) is 0 Å². The van der Waals surface area contributed by atoms with E-state index in [4.69, 9.17) is 0 Å². The Hall–Kier alpha value is -2.08. The maximum Gasteiger partial charge on any atom is -0.0109 e. The average molecular weight is 234 g/mol. The summed E-state index contributed by atoms with van der Waals surface area (Å²) in [5.41, 5.74) is 7.01. The highest BCUT2D eigenvalue weighted by molar-refractivity contribution is 5.81. The molecule has 2 aromatic carbocycles. The van der Waals surface area contributed by atoms with E-state index >= 15 is 0 Å². The van der Waals surface area contributed by atoms with Gasteiger partial charge in [-0.3, -0.25) is 0 Å². The lowest BCUT2D eigenvalue weighted by molar-refractivity contribution is 1.52. The standard InChI is InChI=1S/C18H18/c1-13(2)15-8-7-9-16(12-15)18-11-6-5-10-17(18)14(3)4/h5-12H,1,3H2,2,4H3. The molecule has 0 unspecified atom stereocenters. The van der Waals surface area contributed by atoms with E-state index in [-0.39, 0.29) is 0 Å². The molecule has 0 bridgehead atoms. The van der Waals surface area contributed by atoms with Crippen molar-refractivity contribution in [1.29, 1.82) is 0 Å². The smallest absolute Gasteiger partial charge is 0.0109 e. The zero-order valence-electron chi connectivity index (χ0n) is 11.0. The third-order valence-corrected chi connectivity index (χ3v) is 3.05. The molecule has 2 rings (SSSR count). The van der Waals surface area contributed by atoms with Crippen molar-refractivity contribution in [3.63, 3.8) is 0 Å². The van der Waals surface area contributed by atoms with Crippen LogP contribution in [-0.2, 0) is 0 Å². The van der Waals surface area contributed by atoms with Crippen LogP contribution >= 0.6 is 0 Å². The van der Waals surface area contributed by atoms with Crippen LogP contribution in [0, 0.1) is 0 Å². The maximum atomic E-state index is 4.05. The Labute approximate surface area is 109 Å². The number of benzene rings is 2. The fraction of sp³-hybridized carbons (Fsp3) is 0.111. The molecule has 0 radical (unpaired) electrons. The summed E-state index contributed by atoms with van der Waals surface area (Å²) in [7, 11) is 0. The van der Waals surface area contributed by atoms with Crippen molar-refractivity contribution in [2.75, 3.05) is 0 Å². The quantitative estimate of drug-likeness (QED) is 0.665. The van der Waals surface area contributed by atoms with Crippen LogP contribution in [0.5, 0.6) is 0 Å². The van der Waals surface area contributed by atoms with Crippen LogP contribution in [0.1, 0.15) is 25.0 Å². The van der Waals surface area contributed by atoms with Gasteiger partial charge in [0, 0.05) is 0 Å². The van der Waals surface area contributed by atoms with Crippen molar-refractivity contribution in [2.45, 2.75) is 13.8 Å². The Morgan fingerprint density at radius 1 is 0.833 bits per heavy atom. The van der Waals surface area contributed by atoms with Crippen LogP contribution in [0.25, 0.3) is 22.3 Å². The zero-order chi connectivity index (χ0) is 13.1. The van der Waals surface area contributed by atoms with Crippen molar-refractivity contribution in [2.24, 2.45) is 0 Å². The van der Waals surface area contributed by atoms with Crippen LogP contribution in [0.15, 0.2) is 61.7 Å². The van der Waals surface area contributed by atoms with Crippen molar-refractivity contribution in [1.82, 2.24) is 0 Å². The molecule has 0 aromatic heterocycles. The molecule has 0 heteroatoms. The van der Waals surface area contributed by atoms with Crippen LogP contribution in [-0.4, -0.2) is 0 Å². The zero-order valence-corrected chi connectivity index (χ0v) is 11.0. The van der Waals surface area contributed by atoms with Gasteiger partial charge in [0.05, 0.1) is 0 Å². The van der Waals surface area contributed by atoms with E-state index in [1.54, 1.807) is 0 Å². The molecule has 0 heterocycles. The molecule has 0 N–H and O–H groups in total. The Morgan fingerprint density at radius 3 is 2.22 bits per heavy atom.